The number of hydrogen-bond acceptors (Lipinski definition) is 3. The van der Waals surface area contributed by atoms with Crippen LogP contribution in [-0.2, 0) is 9.53 Å². The third-order valence-electron chi connectivity index (χ3n) is 3.45. The summed E-state index contributed by atoms with van der Waals surface area (Å²) in [4.78, 5) is 11.8. The van der Waals surface area contributed by atoms with Gasteiger partial charge in [0.05, 0.1) is 6.04 Å². The summed E-state index contributed by atoms with van der Waals surface area (Å²) in [6, 6.07) is 0.154. The maximum absolute atomic E-state index is 11.8. The molecule has 4 nitrogen and oxygen atoms in total. The summed E-state index contributed by atoms with van der Waals surface area (Å²) in [6.45, 7) is 8.67. The number of hydrogen-bond donors (Lipinski definition) is 2. The predicted octanol–water partition coefficient (Wildman–Crippen LogP) is 1.31. The first-order valence-electron chi connectivity index (χ1n) is 6.75. The first-order chi connectivity index (χ1) is 8.13. The highest BCUT2D eigenvalue weighted by Gasteiger charge is 2.18. The third kappa shape index (κ3) is 5.50. The molecule has 0 bridgehead atoms. The van der Waals surface area contributed by atoms with E-state index in [1.807, 2.05) is 13.8 Å². The number of carbonyl (C=O) groups excluding carboxylic acids is 1. The second-order valence-electron chi connectivity index (χ2n) is 5.00. The first-order valence-corrected chi connectivity index (χ1v) is 6.75. The van der Waals surface area contributed by atoms with Gasteiger partial charge in [0.2, 0.25) is 5.91 Å². The van der Waals surface area contributed by atoms with Gasteiger partial charge in [-0.3, -0.25) is 4.79 Å². The summed E-state index contributed by atoms with van der Waals surface area (Å²) in [5.74, 6) is 0.758. The molecule has 0 aliphatic carbocycles. The highest BCUT2D eigenvalue weighted by molar-refractivity contribution is 5.81. The minimum Gasteiger partial charge on any atom is -0.381 e. The minimum absolute atomic E-state index is 0.103. The van der Waals surface area contributed by atoms with Crippen LogP contribution in [0.25, 0.3) is 0 Å². The maximum Gasteiger partial charge on any atom is 0.237 e. The second kappa shape index (κ2) is 7.67. The van der Waals surface area contributed by atoms with Gasteiger partial charge in [-0.05, 0) is 45.6 Å². The molecule has 17 heavy (non-hydrogen) atoms. The summed E-state index contributed by atoms with van der Waals surface area (Å²) in [5, 5.41) is 6.30. The smallest absolute Gasteiger partial charge is 0.237 e. The molecule has 1 heterocycles. The number of carbonyl (C=O) groups is 1. The van der Waals surface area contributed by atoms with Gasteiger partial charge in [-0.2, -0.15) is 0 Å². The van der Waals surface area contributed by atoms with Crippen molar-refractivity contribution in [3.63, 3.8) is 0 Å². The van der Waals surface area contributed by atoms with Crippen molar-refractivity contribution in [2.24, 2.45) is 5.92 Å². The number of nitrogens with one attached hydrogen (secondary N) is 2. The van der Waals surface area contributed by atoms with Crippen molar-refractivity contribution in [2.45, 2.75) is 52.1 Å². The van der Waals surface area contributed by atoms with Crippen LogP contribution in [0, 0.1) is 5.92 Å². The molecular formula is C13H26N2O2. The third-order valence-corrected chi connectivity index (χ3v) is 3.45. The average molecular weight is 242 g/mol. The highest BCUT2D eigenvalue weighted by Crippen LogP contribution is 2.13. The molecule has 0 spiro atoms. The van der Waals surface area contributed by atoms with E-state index in [0.29, 0.717) is 5.92 Å². The van der Waals surface area contributed by atoms with Crippen LogP contribution in [0.3, 0.4) is 0 Å². The van der Waals surface area contributed by atoms with Gasteiger partial charge in [-0.15, -0.1) is 0 Å². The zero-order chi connectivity index (χ0) is 12.7. The van der Waals surface area contributed by atoms with E-state index in [9.17, 15) is 4.79 Å². The van der Waals surface area contributed by atoms with Crippen LogP contribution in [0.4, 0.5) is 0 Å². The SMILES string of the molecule is CCC(C)NC(=O)C(C)NCC1CCOCC1. The van der Waals surface area contributed by atoms with Gasteiger partial charge in [0.1, 0.15) is 0 Å². The molecule has 0 saturated carbocycles. The van der Waals surface area contributed by atoms with Crippen molar-refractivity contribution in [1.29, 1.82) is 0 Å². The Hall–Kier alpha value is -0.610. The van der Waals surface area contributed by atoms with E-state index in [1.165, 1.54) is 0 Å². The molecule has 1 amide bonds. The zero-order valence-electron chi connectivity index (χ0n) is 11.3. The van der Waals surface area contributed by atoms with Crippen molar-refractivity contribution in [3.8, 4) is 0 Å². The van der Waals surface area contributed by atoms with Gasteiger partial charge in [-0.25, -0.2) is 0 Å². The van der Waals surface area contributed by atoms with Crippen molar-refractivity contribution in [2.75, 3.05) is 19.8 Å². The highest BCUT2D eigenvalue weighted by atomic mass is 16.5. The van der Waals surface area contributed by atoms with Gasteiger partial charge in [0, 0.05) is 19.3 Å². The van der Waals surface area contributed by atoms with Crippen LogP contribution >= 0.6 is 0 Å². The quantitative estimate of drug-likeness (QED) is 0.738. The van der Waals surface area contributed by atoms with Gasteiger partial charge in [0.25, 0.3) is 0 Å². The average Bonchev–Trinajstić information content (AvgIpc) is 2.36. The topological polar surface area (TPSA) is 50.4 Å². The molecule has 1 aliphatic heterocycles. The summed E-state index contributed by atoms with van der Waals surface area (Å²) in [5.41, 5.74) is 0. The van der Waals surface area contributed by atoms with E-state index in [4.69, 9.17) is 4.74 Å². The van der Waals surface area contributed by atoms with Crippen molar-refractivity contribution >= 4 is 5.91 Å². The maximum atomic E-state index is 11.8. The largest absolute Gasteiger partial charge is 0.381 e. The van der Waals surface area contributed by atoms with E-state index in [0.717, 1.165) is 39.0 Å². The van der Waals surface area contributed by atoms with Crippen LogP contribution in [0.1, 0.15) is 40.0 Å². The van der Waals surface area contributed by atoms with Crippen LogP contribution in [-0.4, -0.2) is 37.7 Å². The lowest BCUT2D eigenvalue weighted by molar-refractivity contribution is -0.123. The molecule has 2 atom stereocenters. The molecule has 1 saturated heterocycles. The van der Waals surface area contributed by atoms with Crippen LogP contribution < -0.4 is 10.6 Å². The lowest BCUT2D eigenvalue weighted by Crippen LogP contribution is -2.46. The zero-order valence-corrected chi connectivity index (χ0v) is 11.3. The summed E-state index contributed by atoms with van der Waals surface area (Å²) in [7, 11) is 0. The molecule has 0 aromatic carbocycles. The van der Waals surface area contributed by atoms with E-state index < -0.39 is 0 Å². The van der Waals surface area contributed by atoms with Crippen LogP contribution in [0.2, 0.25) is 0 Å². The minimum atomic E-state index is -0.105. The van der Waals surface area contributed by atoms with E-state index in [2.05, 4.69) is 17.6 Å². The summed E-state index contributed by atoms with van der Waals surface area (Å²) in [6.07, 6.45) is 3.18. The van der Waals surface area contributed by atoms with Crippen LogP contribution in [0.5, 0.6) is 0 Å². The Labute approximate surface area is 104 Å². The van der Waals surface area contributed by atoms with E-state index in [-0.39, 0.29) is 18.0 Å². The molecule has 1 aliphatic rings. The molecule has 1 rings (SSSR count). The summed E-state index contributed by atoms with van der Waals surface area (Å²) >= 11 is 0. The Morgan fingerprint density at radius 3 is 2.59 bits per heavy atom. The molecule has 2 N–H and O–H groups in total. The Morgan fingerprint density at radius 1 is 1.35 bits per heavy atom. The second-order valence-corrected chi connectivity index (χ2v) is 5.00. The van der Waals surface area contributed by atoms with Gasteiger partial charge >= 0.3 is 0 Å². The van der Waals surface area contributed by atoms with E-state index in [1.54, 1.807) is 0 Å². The molecule has 0 aromatic heterocycles. The normalized spacial score (nSPS) is 20.9. The first kappa shape index (κ1) is 14.5. The Kier molecular flexibility index (Phi) is 6.52. The van der Waals surface area contributed by atoms with Gasteiger partial charge in [-0.1, -0.05) is 6.92 Å². The van der Waals surface area contributed by atoms with Crippen molar-refractivity contribution in [1.82, 2.24) is 10.6 Å². The number of rotatable bonds is 6. The van der Waals surface area contributed by atoms with Crippen LogP contribution in [0.15, 0.2) is 0 Å². The fraction of sp³-hybridized carbons (Fsp3) is 0.923. The number of ether oxygens (including phenoxy) is 1. The fourth-order valence-corrected chi connectivity index (χ4v) is 1.86. The van der Waals surface area contributed by atoms with Gasteiger partial charge < -0.3 is 15.4 Å². The van der Waals surface area contributed by atoms with Crippen molar-refractivity contribution in [3.05, 3.63) is 0 Å². The Balaban J connectivity index is 2.18. The van der Waals surface area contributed by atoms with Crippen molar-refractivity contribution < 1.29 is 9.53 Å². The Bertz CT molecular complexity index is 227. The molecule has 1 fully saturated rings. The molecule has 0 aromatic rings. The summed E-state index contributed by atoms with van der Waals surface area (Å²) < 4.78 is 5.31. The monoisotopic (exact) mass is 242 g/mol. The predicted molar refractivity (Wildman–Crippen MR) is 68.9 cm³/mol. The molecule has 2 unspecified atom stereocenters. The molecule has 100 valence electrons. The standard InChI is InChI=1S/C13H26N2O2/c1-4-10(2)15-13(16)11(3)14-9-12-5-7-17-8-6-12/h10-12,14H,4-9H2,1-3H3,(H,15,16). The molecular weight excluding hydrogens is 216 g/mol. The lowest BCUT2D eigenvalue weighted by Gasteiger charge is -2.24. The molecule has 4 heteroatoms. The lowest BCUT2D eigenvalue weighted by atomic mass is 10.00. The van der Waals surface area contributed by atoms with E-state index >= 15 is 0 Å². The number of amides is 1. The fourth-order valence-electron chi connectivity index (χ4n) is 1.86. The Morgan fingerprint density at radius 2 is 2.00 bits per heavy atom. The molecule has 0 radical (unpaired) electrons. The van der Waals surface area contributed by atoms with Gasteiger partial charge in [0.15, 0.2) is 0 Å².